The number of ether oxygens (including phenoxy) is 2. The maximum atomic E-state index is 5.25. The van der Waals surface area contributed by atoms with Crippen molar-refractivity contribution < 1.29 is 9.47 Å². The van der Waals surface area contributed by atoms with Gasteiger partial charge in [0.25, 0.3) is 0 Å². The van der Waals surface area contributed by atoms with Gasteiger partial charge in [-0.1, -0.05) is 6.07 Å². The number of hydrazine groups is 1. The van der Waals surface area contributed by atoms with Crippen molar-refractivity contribution in [2.24, 2.45) is 5.84 Å². The van der Waals surface area contributed by atoms with Crippen LogP contribution in [0.15, 0.2) is 18.2 Å². The number of rotatable bonds is 4. The van der Waals surface area contributed by atoms with Gasteiger partial charge in [-0.3, -0.25) is 11.3 Å². The van der Waals surface area contributed by atoms with Crippen molar-refractivity contribution in [3.8, 4) is 11.5 Å². The molecular formula is C9H14N2O2. The van der Waals surface area contributed by atoms with E-state index in [1.807, 2.05) is 18.2 Å². The lowest BCUT2D eigenvalue weighted by Crippen LogP contribution is -2.21. The molecule has 0 aliphatic heterocycles. The minimum absolute atomic E-state index is 0.521. The highest BCUT2D eigenvalue weighted by atomic mass is 16.5. The summed E-state index contributed by atoms with van der Waals surface area (Å²) in [4.78, 5) is 0. The summed E-state index contributed by atoms with van der Waals surface area (Å²) < 4.78 is 10.3. The van der Waals surface area contributed by atoms with Crippen LogP contribution < -0.4 is 20.7 Å². The molecule has 0 atom stereocenters. The van der Waals surface area contributed by atoms with E-state index in [1.165, 1.54) is 0 Å². The van der Waals surface area contributed by atoms with Crippen molar-refractivity contribution in [3.63, 3.8) is 0 Å². The van der Waals surface area contributed by atoms with E-state index in [1.54, 1.807) is 14.2 Å². The van der Waals surface area contributed by atoms with Crippen molar-refractivity contribution in [2.45, 2.75) is 6.54 Å². The normalized spacial score (nSPS) is 9.77. The molecule has 3 N–H and O–H groups in total. The average Bonchev–Trinajstić information content (AvgIpc) is 2.18. The molecule has 72 valence electrons. The van der Waals surface area contributed by atoms with Crippen molar-refractivity contribution in [1.82, 2.24) is 5.43 Å². The number of methoxy groups -OCH3 is 2. The average molecular weight is 182 g/mol. The number of benzene rings is 1. The second-order valence-corrected chi connectivity index (χ2v) is 2.52. The van der Waals surface area contributed by atoms with E-state index in [9.17, 15) is 0 Å². The van der Waals surface area contributed by atoms with Crippen LogP contribution in [0, 0.1) is 0 Å². The molecule has 0 saturated carbocycles. The maximum absolute atomic E-state index is 5.25. The van der Waals surface area contributed by atoms with E-state index in [2.05, 4.69) is 5.43 Å². The zero-order valence-corrected chi connectivity index (χ0v) is 7.83. The van der Waals surface area contributed by atoms with Gasteiger partial charge >= 0.3 is 0 Å². The molecule has 0 aromatic heterocycles. The van der Waals surface area contributed by atoms with E-state index >= 15 is 0 Å². The molecule has 0 radical (unpaired) electrons. The first-order valence-corrected chi connectivity index (χ1v) is 3.96. The molecule has 0 aliphatic carbocycles. The minimum atomic E-state index is 0.521. The molecule has 1 aromatic rings. The minimum Gasteiger partial charge on any atom is -0.496 e. The van der Waals surface area contributed by atoms with Crippen LogP contribution in [0.3, 0.4) is 0 Å². The molecule has 1 aromatic carbocycles. The van der Waals surface area contributed by atoms with Gasteiger partial charge in [-0.15, -0.1) is 0 Å². The maximum Gasteiger partial charge on any atom is 0.127 e. The van der Waals surface area contributed by atoms with Crippen molar-refractivity contribution in [1.29, 1.82) is 0 Å². The van der Waals surface area contributed by atoms with Crippen LogP contribution in [-0.4, -0.2) is 14.2 Å². The summed E-state index contributed by atoms with van der Waals surface area (Å²) in [6, 6.07) is 5.61. The number of hydrogen-bond acceptors (Lipinski definition) is 4. The SMILES string of the molecule is COc1cccc(OC)c1CNN. The molecule has 0 bridgehead atoms. The van der Waals surface area contributed by atoms with Gasteiger partial charge in [0, 0.05) is 6.54 Å². The van der Waals surface area contributed by atoms with Gasteiger partial charge in [0.05, 0.1) is 19.8 Å². The fourth-order valence-electron chi connectivity index (χ4n) is 1.20. The van der Waals surface area contributed by atoms with Crippen molar-refractivity contribution in [3.05, 3.63) is 23.8 Å². The fraction of sp³-hybridized carbons (Fsp3) is 0.333. The monoisotopic (exact) mass is 182 g/mol. The zero-order valence-electron chi connectivity index (χ0n) is 7.83. The van der Waals surface area contributed by atoms with Crippen LogP contribution in [0.4, 0.5) is 0 Å². The van der Waals surface area contributed by atoms with Crippen LogP contribution in [0.5, 0.6) is 11.5 Å². The second-order valence-electron chi connectivity index (χ2n) is 2.52. The second kappa shape index (κ2) is 4.69. The highest BCUT2D eigenvalue weighted by molar-refractivity contribution is 5.44. The van der Waals surface area contributed by atoms with Crippen molar-refractivity contribution >= 4 is 0 Å². The highest BCUT2D eigenvalue weighted by Gasteiger charge is 2.07. The Morgan fingerprint density at radius 3 is 2.15 bits per heavy atom. The Kier molecular flexibility index (Phi) is 3.54. The Hall–Kier alpha value is -1.26. The molecule has 0 fully saturated rings. The predicted octanol–water partition coefficient (Wildman–Crippen LogP) is 0.667. The molecular weight excluding hydrogens is 168 g/mol. The third-order valence-corrected chi connectivity index (χ3v) is 1.81. The lowest BCUT2D eigenvalue weighted by Gasteiger charge is -2.11. The first-order chi connectivity index (χ1) is 6.33. The van der Waals surface area contributed by atoms with Gasteiger partial charge in [-0.25, -0.2) is 0 Å². The van der Waals surface area contributed by atoms with Gasteiger partial charge in [-0.05, 0) is 12.1 Å². The van der Waals surface area contributed by atoms with Crippen LogP contribution >= 0.6 is 0 Å². The highest BCUT2D eigenvalue weighted by Crippen LogP contribution is 2.27. The molecule has 0 amide bonds. The van der Waals surface area contributed by atoms with E-state index in [0.29, 0.717) is 6.54 Å². The summed E-state index contributed by atoms with van der Waals surface area (Å²) in [5.74, 6) is 6.80. The molecule has 4 nitrogen and oxygen atoms in total. The number of nitrogens with two attached hydrogens (primary N) is 1. The summed E-state index contributed by atoms with van der Waals surface area (Å²) in [6.45, 7) is 0.521. The lowest BCUT2D eigenvalue weighted by molar-refractivity contribution is 0.382. The van der Waals surface area contributed by atoms with Crippen LogP contribution in [0.25, 0.3) is 0 Å². The van der Waals surface area contributed by atoms with Crippen LogP contribution in [-0.2, 0) is 6.54 Å². The van der Waals surface area contributed by atoms with E-state index in [4.69, 9.17) is 15.3 Å². The van der Waals surface area contributed by atoms with Gasteiger partial charge < -0.3 is 9.47 Å². The molecule has 4 heteroatoms. The molecule has 13 heavy (non-hydrogen) atoms. The largest absolute Gasteiger partial charge is 0.496 e. The van der Waals surface area contributed by atoms with E-state index in [-0.39, 0.29) is 0 Å². The van der Waals surface area contributed by atoms with Crippen molar-refractivity contribution in [2.75, 3.05) is 14.2 Å². The third-order valence-electron chi connectivity index (χ3n) is 1.81. The molecule has 0 aliphatic rings. The van der Waals surface area contributed by atoms with Gasteiger partial charge in [0.2, 0.25) is 0 Å². The van der Waals surface area contributed by atoms with Crippen LogP contribution in [0.2, 0.25) is 0 Å². The Morgan fingerprint density at radius 1 is 1.23 bits per heavy atom. The number of nitrogens with one attached hydrogen (secondary N) is 1. The molecule has 0 spiro atoms. The van der Waals surface area contributed by atoms with Gasteiger partial charge in [0.1, 0.15) is 11.5 Å². The zero-order chi connectivity index (χ0) is 9.68. The van der Waals surface area contributed by atoms with Gasteiger partial charge in [0.15, 0.2) is 0 Å². The predicted molar refractivity (Wildman–Crippen MR) is 50.6 cm³/mol. The first kappa shape index (κ1) is 9.83. The number of hydrogen-bond donors (Lipinski definition) is 2. The Morgan fingerprint density at radius 2 is 1.77 bits per heavy atom. The standard InChI is InChI=1S/C9H14N2O2/c1-12-8-4-3-5-9(13-2)7(8)6-11-10/h3-5,11H,6,10H2,1-2H3. The summed E-state index contributed by atoms with van der Waals surface area (Å²) in [6.07, 6.45) is 0. The van der Waals surface area contributed by atoms with E-state index < -0.39 is 0 Å². The summed E-state index contributed by atoms with van der Waals surface area (Å²) in [5.41, 5.74) is 3.50. The Balaban J connectivity index is 3.05. The molecule has 1 rings (SSSR count). The first-order valence-electron chi connectivity index (χ1n) is 3.96. The van der Waals surface area contributed by atoms with E-state index in [0.717, 1.165) is 17.1 Å². The fourth-order valence-corrected chi connectivity index (χ4v) is 1.20. The Bertz CT molecular complexity index is 254. The summed E-state index contributed by atoms with van der Waals surface area (Å²) in [7, 11) is 3.24. The smallest absolute Gasteiger partial charge is 0.127 e. The summed E-state index contributed by atoms with van der Waals surface area (Å²) in [5, 5.41) is 0. The summed E-state index contributed by atoms with van der Waals surface area (Å²) >= 11 is 0. The quantitative estimate of drug-likeness (QED) is 0.530. The Labute approximate surface area is 77.6 Å². The molecule has 0 saturated heterocycles. The van der Waals surface area contributed by atoms with Crippen LogP contribution in [0.1, 0.15) is 5.56 Å². The van der Waals surface area contributed by atoms with Gasteiger partial charge in [-0.2, -0.15) is 0 Å². The lowest BCUT2D eigenvalue weighted by atomic mass is 10.2. The topological polar surface area (TPSA) is 56.5 Å². The molecule has 0 heterocycles. The molecule has 0 unspecified atom stereocenters. The third kappa shape index (κ3) is 2.11.